The minimum absolute atomic E-state index is 0.995. The number of hydrogen-bond acceptors (Lipinski definition) is 3. The summed E-state index contributed by atoms with van der Waals surface area (Å²) in [5.74, 6) is 0. The first-order valence-electron chi connectivity index (χ1n) is 5.62. The number of aryl methyl sites for hydroxylation is 2. The SMILES string of the molecule is Cc1ccc(C)c(CN2CCNCC2)n1. The van der Waals surface area contributed by atoms with E-state index in [9.17, 15) is 0 Å². The van der Waals surface area contributed by atoms with Gasteiger partial charge in [0.15, 0.2) is 0 Å². The lowest BCUT2D eigenvalue weighted by Gasteiger charge is -2.27. The maximum atomic E-state index is 4.60. The number of piperazine rings is 1. The third kappa shape index (κ3) is 2.76. The van der Waals surface area contributed by atoms with E-state index < -0.39 is 0 Å². The molecule has 0 amide bonds. The van der Waals surface area contributed by atoms with Gasteiger partial charge in [0.1, 0.15) is 0 Å². The van der Waals surface area contributed by atoms with Crippen LogP contribution in [0.3, 0.4) is 0 Å². The number of nitrogens with zero attached hydrogens (tertiary/aromatic N) is 2. The molecule has 1 aliphatic heterocycles. The second kappa shape index (κ2) is 4.73. The van der Waals surface area contributed by atoms with Crippen molar-refractivity contribution in [2.75, 3.05) is 26.2 Å². The third-order valence-corrected chi connectivity index (χ3v) is 2.92. The van der Waals surface area contributed by atoms with E-state index >= 15 is 0 Å². The molecule has 1 N–H and O–H groups in total. The molecule has 0 aliphatic carbocycles. The summed E-state index contributed by atoms with van der Waals surface area (Å²) in [6, 6.07) is 4.25. The molecular weight excluding hydrogens is 186 g/mol. The van der Waals surface area contributed by atoms with Crippen molar-refractivity contribution in [1.29, 1.82) is 0 Å². The molecule has 0 unspecified atom stereocenters. The highest BCUT2D eigenvalue weighted by atomic mass is 15.2. The van der Waals surface area contributed by atoms with E-state index in [4.69, 9.17) is 0 Å². The topological polar surface area (TPSA) is 28.2 Å². The summed E-state index contributed by atoms with van der Waals surface area (Å²) >= 11 is 0. The highest BCUT2D eigenvalue weighted by Crippen LogP contribution is 2.09. The lowest BCUT2D eigenvalue weighted by Crippen LogP contribution is -2.43. The van der Waals surface area contributed by atoms with Gasteiger partial charge in [-0.1, -0.05) is 6.07 Å². The van der Waals surface area contributed by atoms with Crippen molar-refractivity contribution >= 4 is 0 Å². The van der Waals surface area contributed by atoms with Crippen LogP contribution in [-0.2, 0) is 6.54 Å². The molecule has 2 heterocycles. The normalized spacial score (nSPS) is 18.0. The van der Waals surface area contributed by atoms with Crippen LogP contribution in [0, 0.1) is 13.8 Å². The lowest BCUT2D eigenvalue weighted by molar-refractivity contribution is 0.230. The molecule has 0 aromatic carbocycles. The highest BCUT2D eigenvalue weighted by Gasteiger charge is 2.11. The van der Waals surface area contributed by atoms with Crippen LogP contribution in [0.2, 0.25) is 0 Å². The fourth-order valence-corrected chi connectivity index (χ4v) is 1.92. The predicted molar refractivity (Wildman–Crippen MR) is 61.9 cm³/mol. The van der Waals surface area contributed by atoms with Crippen LogP contribution in [0.15, 0.2) is 12.1 Å². The Labute approximate surface area is 91.5 Å². The van der Waals surface area contributed by atoms with Gasteiger partial charge in [-0.15, -0.1) is 0 Å². The second-order valence-corrected chi connectivity index (χ2v) is 4.24. The molecule has 1 fully saturated rings. The highest BCUT2D eigenvalue weighted by molar-refractivity contribution is 5.21. The first kappa shape index (κ1) is 10.6. The van der Waals surface area contributed by atoms with Crippen molar-refractivity contribution in [3.63, 3.8) is 0 Å². The van der Waals surface area contributed by atoms with Crippen LogP contribution in [0.1, 0.15) is 17.0 Å². The van der Waals surface area contributed by atoms with Gasteiger partial charge < -0.3 is 5.32 Å². The fourth-order valence-electron chi connectivity index (χ4n) is 1.92. The lowest BCUT2D eigenvalue weighted by atomic mass is 10.2. The number of aromatic nitrogens is 1. The van der Waals surface area contributed by atoms with Crippen LogP contribution in [-0.4, -0.2) is 36.1 Å². The Bertz CT molecular complexity index is 330. The summed E-state index contributed by atoms with van der Waals surface area (Å²) in [6.07, 6.45) is 0. The Balaban J connectivity index is 2.05. The molecule has 0 saturated carbocycles. The maximum absolute atomic E-state index is 4.60. The molecule has 1 aliphatic rings. The zero-order valence-electron chi connectivity index (χ0n) is 9.58. The molecular formula is C12H19N3. The molecule has 1 aromatic heterocycles. The van der Waals surface area contributed by atoms with Crippen molar-refractivity contribution in [2.24, 2.45) is 0 Å². The second-order valence-electron chi connectivity index (χ2n) is 4.24. The largest absolute Gasteiger partial charge is 0.314 e. The minimum Gasteiger partial charge on any atom is -0.314 e. The van der Waals surface area contributed by atoms with Crippen molar-refractivity contribution in [2.45, 2.75) is 20.4 Å². The molecule has 0 radical (unpaired) electrons. The van der Waals surface area contributed by atoms with Gasteiger partial charge in [-0.2, -0.15) is 0 Å². The van der Waals surface area contributed by atoms with Crippen LogP contribution >= 0.6 is 0 Å². The van der Waals surface area contributed by atoms with Crippen LogP contribution in [0.4, 0.5) is 0 Å². The van der Waals surface area contributed by atoms with Crippen molar-refractivity contribution in [3.8, 4) is 0 Å². The first-order valence-corrected chi connectivity index (χ1v) is 5.62. The molecule has 0 atom stereocenters. The molecule has 0 bridgehead atoms. The Morgan fingerprint density at radius 1 is 1.27 bits per heavy atom. The summed E-state index contributed by atoms with van der Waals surface area (Å²) in [6.45, 7) is 9.67. The number of pyridine rings is 1. The quantitative estimate of drug-likeness (QED) is 0.784. The standard InChI is InChI=1S/C12H19N3/c1-10-3-4-11(2)14-12(10)9-15-7-5-13-6-8-15/h3-4,13H,5-9H2,1-2H3. The number of nitrogens with one attached hydrogen (secondary N) is 1. The molecule has 82 valence electrons. The summed E-state index contributed by atoms with van der Waals surface area (Å²) in [4.78, 5) is 7.07. The summed E-state index contributed by atoms with van der Waals surface area (Å²) in [5.41, 5.74) is 3.65. The third-order valence-electron chi connectivity index (χ3n) is 2.92. The Kier molecular flexibility index (Phi) is 3.34. The van der Waals surface area contributed by atoms with Gasteiger partial charge in [0.25, 0.3) is 0 Å². The van der Waals surface area contributed by atoms with Gasteiger partial charge in [-0.3, -0.25) is 9.88 Å². The van der Waals surface area contributed by atoms with Crippen molar-refractivity contribution in [1.82, 2.24) is 15.2 Å². The Hall–Kier alpha value is -0.930. The van der Waals surface area contributed by atoms with Crippen LogP contribution in [0.25, 0.3) is 0 Å². The summed E-state index contributed by atoms with van der Waals surface area (Å²) in [5, 5.41) is 3.36. The molecule has 2 rings (SSSR count). The van der Waals surface area contributed by atoms with Gasteiger partial charge in [0.05, 0.1) is 5.69 Å². The maximum Gasteiger partial charge on any atom is 0.0576 e. The van der Waals surface area contributed by atoms with E-state index in [2.05, 4.69) is 41.2 Å². The monoisotopic (exact) mass is 205 g/mol. The molecule has 0 spiro atoms. The molecule has 1 saturated heterocycles. The van der Waals surface area contributed by atoms with Crippen molar-refractivity contribution in [3.05, 3.63) is 29.1 Å². The fraction of sp³-hybridized carbons (Fsp3) is 0.583. The molecule has 3 heteroatoms. The van der Waals surface area contributed by atoms with Gasteiger partial charge in [0, 0.05) is 38.4 Å². The van der Waals surface area contributed by atoms with E-state index in [0.717, 1.165) is 38.4 Å². The summed E-state index contributed by atoms with van der Waals surface area (Å²) < 4.78 is 0. The van der Waals surface area contributed by atoms with E-state index in [1.54, 1.807) is 0 Å². The average Bonchev–Trinajstić information content (AvgIpc) is 2.25. The van der Waals surface area contributed by atoms with Gasteiger partial charge in [0.2, 0.25) is 0 Å². The Morgan fingerprint density at radius 3 is 2.73 bits per heavy atom. The predicted octanol–water partition coefficient (Wildman–Crippen LogP) is 1.10. The van der Waals surface area contributed by atoms with Crippen LogP contribution < -0.4 is 5.32 Å². The average molecular weight is 205 g/mol. The zero-order valence-corrected chi connectivity index (χ0v) is 9.58. The number of hydrogen-bond donors (Lipinski definition) is 1. The zero-order chi connectivity index (χ0) is 10.7. The van der Waals surface area contributed by atoms with E-state index in [-0.39, 0.29) is 0 Å². The van der Waals surface area contributed by atoms with Crippen LogP contribution in [0.5, 0.6) is 0 Å². The van der Waals surface area contributed by atoms with E-state index in [1.165, 1.54) is 11.3 Å². The van der Waals surface area contributed by atoms with Gasteiger partial charge >= 0.3 is 0 Å². The Morgan fingerprint density at radius 2 is 2.00 bits per heavy atom. The smallest absolute Gasteiger partial charge is 0.0576 e. The molecule has 3 nitrogen and oxygen atoms in total. The van der Waals surface area contributed by atoms with Gasteiger partial charge in [-0.05, 0) is 25.5 Å². The molecule has 15 heavy (non-hydrogen) atoms. The summed E-state index contributed by atoms with van der Waals surface area (Å²) in [7, 11) is 0. The van der Waals surface area contributed by atoms with E-state index in [1.807, 2.05) is 0 Å². The first-order chi connectivity index (χ1) is 7.25. The van der Waals surface area contributed by atoms with Crippen molar-refractivity contribution < 1.29 is 0 Å². The van der Waals surface area contributed by atoms with Gasteiger partial charge in [-0.25, -0.2) is 0 Å². The minimum atomic E-state index is 0.995. The van der Waals surface area contributed by atoms with E-state index in [0.29, 0.717) is 0 Å². The molecule has 1 aromatic rings. The number of rotatable bonds is 2.